The average molecular weight is 243 g/mol. The van der Waals surface area contributed by atoms with E-state index >= 15 is 0 Å². The Kier molecular flexibility index (Phi) is 2.89. The first kappa shape index (κ1) is 11.0. The fourth-order valence-electron chi connectivity index (χ4n) is 1.51. The van der Waals surface area contributed by atoms with Gasteiger partial charge in [-0.15, -0.1) is 0 Å². The summed E-state index contributed by atoms with van der Waals surface area (Å²) in [5.74, 6) is 0.406. The van der Waals surface area contributed by atoms with Crippen LogP contribution in [0.1, 0.15) is 0 Å². The number of benzene rings is 1. The van der Waals surface area contributed by atoms with Crippen molar-refractivity contribution in [3.8, 4) is 5.75 Å². The van der Waals surface area contributed by atoms with Gasteiger partial charge >= 0.3 is 0 Å². The molecule has 1 aromatic carbocycles. The number of hydrogen-bond acceptors (Lipinski definition) is 4. The molecule has 0 saturated heterocycles. The number of nitrogens with zero attached hydrogens (tertiary/aromatic N) is 1. The van der Waals surface area contributed by atoms with Crippen molar-refractivity contribution in [2.45, 2.75) is 0 Å². The maximum atomic E-state index is 11.4. The molecule has 0 spiro atoms. The van der Waals surface area contributed by atoms with Gasteiger partial charge in [-0.05, 0) is 12.1 Å². The van der Waals surface area contributed by atoms with E-state index in [4.69, 9.17) is 21.2 Å². The van der Waals surface area contributed by atoms with Crippen molar-refractivity contribution >= 4 is 28.9 Å². The predicted molar refractivity (Wildman–Crippen MR) is 61.0 cm³/mol. The summed E-state index contributed by atoms with van der Waals surface area (Å²) in [4.78, 5) is 17.7. The standard InChI is InChI=1S/C10H11ClN2O3/c1-13-8-4-6(12-15-2)3-7(11)10(8)16-5-9(13)14/h3-4,12H,5H2,1-2H3. The number of amides is 1. The van der Waals surface area contributed by atoms with Crippen LogP contribution in [0.3, 0.4) is 0 Å². The summed E-state index contributed by atoms with van der Waals surface area (Å²) in [5.41, 5.74) is 3.95. The van der Waals surface area contributed by atoms with Crippen molar-refractivity contribution in [1.29, 1.82) is 0 Å². The van der Waals surface area contributed by atoms with Crippen molar-refractivity contribution in [1.82, 2.24) is 0 Å². The highest BCUT2D eigenvalue weighted by molar-refractivity contribution is 6.33. The smallest absolute Gasteiger partial charge is 0.264 e. The number of carbonyl (C=O) groups excluding carboxylic acids is 1. The number of carbonyl (C=O) groups is 1. The van der Waals surface area contributed by atoms with Crippen LogP contribution in [-0.4, -0.2) is 26.7 Å². The Labute approximate surface area is 97.8 Å². The summed E-state index contributed by atoms with van der Waals surface area (Å²) in [6, 6.07) is 3.41. The number of ether oxygens (including phenoxy) is 1. The van der Waals surface area contributed by atoms with Gasteiger partial charge in [0.15, 0.2) is 12.4 Å². The molecular formula is C10H11ClN2O3. The molecule has 16 heavy (non-hydrogen) atoms. The second-order valence-corrected chi connectivity index (χ2v) is 3.76. The van der Waals surface area contributed by atoms with E-state index in [0.717, 1.165) is 0 Å². The normalized spacial score (nSPS) is 14.4. The molecule has 0 radical (unpaired) electrons. The number of anilines is 2. The molecule has 6 heteroatoms. The van der Waals surface area contributed by atoms with Crippen LogP contribution in [0.5, 0.6) is 5.75 Å². The topological polar surface area (TPSA) is 50.8 Å². The van der Waals surface area contributed by atoms with Gasteiger partial charge in [-0.1, -0.05) is 11.6 Å². The Morgan fingerprint density at radius 2 is 2.31 bits per heavy atom. The van der Waals surface area contributed by atoms with E-state index in [0.29, 0.717) is 22.1 Å². The predicted octanol–water partition coefficient (Wildman–Crippen LogP) is 1.67. The Hall–Kier alpha value is -1.46. The molecule has 0 saturated carbocycles. The molecule has 0 unspecified atom stereocenters. The number of likely N-dealkylation sites (N-methyl/N-ethyl adjacent to an activating group) is 1. The lowest BCUT2D eigenvalue weighted by atomic mass is 10.2. The summed E-state index contributed by atoms with van der Waals surface area (Å²) in [7, 11) is 3.18. The molecule has 1 amide bonds. The first-order valence-electron chi connectivity index (χ1n) is 4.65. The minimum Gasteiger partial charge on any atom is -0.480 e. The third-order valence-corrected chi connectivity index (χ3v) is 2.60. The quantitative estimate of drug-likeness (QED) is 0.802. The van der Waals surface area contributed by atoms with Gasteiger partial charge < -0.3 is 9.64 Å². The number of hydrogen-bond donors (Lipinski definition) is 1. The van der Waals surface area contributed by atoms with Crippen molar-refractivity contribution in [2.75, 3.05) is 31.1 Å². The second-order valence-electron chi connectivity index (χ2n) is 3.35. The van der Waals surface area contributed by atoms with Crippen molar-refractivity contribution in [3.05, 3.63) is 17.2 Å². The lowest BCUT2D eigenvalue weighted by Crippen LogP contribution is -2.35. The van der Waals surface area contributed by atoms with Gasteiger partial charge in [0, 0.05) is 7.05 Å². The fourth-order valence-corrected chi connectivity index (χ4v) is 1.78. The van der Waals surface area contributed by atoms with Gasteiger partial charge in [0.2, 0.25) is 0 Å². The van der Waals surface area contributed by atoms with Gasteiger partial charge in [0.05, 0.1) is 23.5 Å². The van der Waals surface area contributed by atoms with Crippen LogP contribution >= 0.6 is 11.6 Å². The summed E-state index contributed by atoms with van der Waals surface area (Å²) >= 11 is 6.04. The minimum absolute atomic E-state index is 0.0142. The second kappa shape index (κ2) is 4.19. The average Bonchev–Trinajstić information content (AvgIpc) is 2.25. The van der Waals surface area contributed by atoms with E-state index in [9.17, 15) is 4.79 Å². The number of fused-ring (bicyclic) bond motifs is 1. The minimum atomic E-state index is -0.113. The highest BCUT2D eigenvalue weighted by Gasteiger charge is 2.24. The third-order valence-electron chi connectivity index (χ3n) is 2.32. The number of nitrogens with one attached hydrogen (secondary N) is 1. The molecule has 86 valence electrons. The number of halogens is 1. The summed E-state index contributed by atoms with van der Waals surface area (Å²) in [6.45, 7) is 0.0142. The SMILES string of the molecule is CONc1cc(Cl)c2c(c1)N(C)C(=O)CO2. The summed E-state index contributed by atoms with van der Waals surface area (Å²) < 4.78 is 5.28. The molecule has 0 aliphatic carbocycles. The zero-order valence-electron chi connectivity index (χ0n) is 8.91. The van der Waals surface area contributed by atoms with Crippen LogP contribution in [0.25, 0.3) is 0 Å². The van der Waals surface area contributed by atoms with E-state index in [2.05, 4.69) is 5.48 Å². The Bertz CT molecular complexity index is 436. The van der Waals surface area contributed by atoms with Crippen LogP contribution in [0.4, 0.5) is 11.4 Å². The molecule has 2 rings (SSSR count). The number of rotatable bonds is 2. The molecule has 0 atom stereocenters. The molecule has 0 fully saturated rings. The molecule has 1 aromatic rings. The molecular weight excluding hydrogens is 232 g/mol. The highest BCUT2D eigenvalue weighted by atomic mass is 35.5. The van der Waals surface area contributed by atoms with E-state index in [1.165, 1.54) is 12.0 Å². The lowest BCUT2D eigenvalue weighted by molar-refractivity contribution is -0.120. The molecule has 1 aliphatic rings. The monoisotopic (exact) mass is 242 g/mol. The molecule has 0 bridgehead atoms. The lowest BCUT2D eigenvalue weighted by Gasteiger charge is -2.27. The van der Waals surface area contributed by atoms with Crippen LogP contribution in [-0.2, 0) is 9.63 Å². The Balaban J connectivity index is 2.47. The molecule has 5 nitrogen and oxygen atoms in total. The molecule has 1 heterocycles. The fraction of sp³-hybridized carbons (Fsp3) is 0.300. The van der Waals surface area contributed by atoms with Gasteiger partial charge in [0.25, 0.3) is 5.91 Å². The van der Waals surface area contributed by atoms with E-state index in [-0.39, 0.29) is 12.5 Å². The van der Waals surface area contributed by atoms with E-state index < -0.39 is 0 Å². The maximum Gasteiger partial charge on any atom is 0.264 e. The van der Waals surface area contributed by atoms with Crippen molar-refractivity contribution in [2.24, 2.45) is 0 Å². The Morgan fingerprint density at radius 3 is 3.00 bits per heavy atom. The molecule has 1 aliphatic heterocycles. The van der Waals surface area contributed by atoms with E-state index in [1.54, 1.807) is 19.2 Å². The summed E-state index contributed by atoms with van der Waals surface area (Å²) in [5, 5.41) is 0.441. The van der Waals surface area contributed by atoms with Gasteiger partial charge in [-0.25, -0.2) is 0 Å². The third kappa shape index (κ3) is 1.79. The largest absolute Gasteiger partial charge is 0.480 e. The van der Waals surface area contributed by atoms with Gasteiger partial charge in [0.1, 0.15) is 0 Å². The molecule has 1 N–H and O–H groups in total. The van der Waals surface area contributed by atoms with Crippen molar-refractivity contribution < 1.29 is 14.4 Å². The van der Waals surface area contributed by atoms with Crippen LogP contribution in [0, 0.1) is 0 Å². The first-order valence-corrected chi connectivity index (χ1v) is 5.03. The first-order chi connectivity index (χ1) is 7.63. The zero-order valence-corrected chi connectivity index (χ0v) is 9.67. The molecule has 0 aromatic heterocycles. The highest BCUT2D eigenvalue weighted by Crippen LogP contribution is 2.40. The van der Waals surface area contributed by atoms with Crippen LogP contribution < -0.4 is 15.1 Å². The van der Waals surface area contributed by atoms with Crippen molar-refractivity contribution in [3.63, 3.8) is 0 Å². The maximum absolute atomic E-state index is 11.4. The van der Waals surface area contributed by atoms with Crippen LogP contribution in [0.2, 0.25) is 5.02 Å². The van der Waals surface area contributed by atoms with E-state index in [1.807, 2.05) is 0 Å². The van der Waals surface area contributed by atoms with Crippen LogP contribution in [0.15, 0.2) is 12.1 Å². The van der Waals surface area contributed by atoms with Gasteiger partial charge in [-0.2, -0.15) is 0 Å². The summed E-state index contributed by atoms with van der Waals surface area (Å²) in [6.07, 6.45) is 0. The zero-order chi connectivity index (χ0) is 11.7. The van der Waals surface area contributed by atoms with Gasteiger partial charge in [-0.3, -0.25) is 15.1 Å². The Morgan fingerprint density at radius 1 is 1.56 bits per heavy atom.